The molecule has 0 aromatic heterocycles. The van der Waals surface area contributed by atoms with Gasteiger partial charge in [-0.05, 0) is 26.0 Å². The summed E-state index contributed by atoms with van der Waals surface area (Å²) in [7, 11) is 1.50. The van der Waals surface area contributed by atoms with Gasteiger partial charge in [-0.15, -0.1) is 0 Å². The van der Waals surface area contributed by atoms with Crippen molar-refractivity contribution < 1.29 is 23.4 Å². The van der Waals surface area contributed by atoms with Gasteiger partial charge < -0.3 is 15.6 Å². The minimum absolute atomic E-state index is 0.0357. The van der Waals surface area contributed by atoms with E-state index in [1.165, 1.54) is 12.6 Å². The second-order valence-corrected chi connectivity index (χ2v) is 5.12. The number of rotatable bonds is 7. The van der Waals surface area contributed by atoms with Crippen LogP contribution in [0.1, 0.15) is 32.3 Å². The van der Waals surface area contributed by atoms with Crippen molar-refractivity contribution in [3.63, 3.8) is 0 Å². The Labute approximate surface area is 154 Å². The SMILES string of the molecule is C=C(F)/C=C(/O)C(=C)F.CCCC(=O)OC(C)Cc1ccccc1.CN. The van der Waals surface area contributed by atoms with Gasteiger partial charge in [0.2, 0.25) is 0 Å². The van der Waals surface area contributed by atoms with Gasteiger partial charge in [-0.2, -0.15) is 0 Å². The number of aliphatic hydroxyl groups excluding tert-OH is 1. The van der Waals surface area contributed by atoms with Gasteiger partial charge in [-0.1, -0.05) is 50.4 Å². The lowest BCUT2D eigenvalue weighted by Gasteiger charge is -2.12. The summed E-state index contributed by atoms with van der Waals surface area (Å²) in [4.78, 5) is 11.2. The molecule has 146 valence electrons. The van der Waals surface area contributed by atoms with E-state index >= 15 is 0 Å². The molecule has 0 aliphatic heterocycles. The first-order valence-corrected chi connectivity index (χ1v) is 8.17. The van der Waals surface area contributed by atoms with Crippen LogP contribution in [0, 0.1) is 0 Å². The number of carbonyl (C=O) groups is 1. The molecule has 1 unspecified atom stereocenters. The van der Waals surface area contributed by atoms with Crippen molar-refractivity contribution >= 4 is 5.97 Å². The van der Waals surface area contributed by atoms with Gasteiger partial charge in [-0.25, -0.2) is 8.78 Å². The van der Waals surface area contributed by atoms with Crippen LogP contribution < -0.4 is 5.73 Å². The fourth-order valence-electron chi connectivity index (χ4n) is 1.70. The largest absolute Gasteiger partial charge is 0.505 e. The van der Waals surface area contributed by atoms with Crippen molar-refractivity contribution in [1.82, 2.24) is 0 Å². The first kappa shape index (κ1) is 25.8. The fourth-order valence-corrected chi connectivity index (χ4v) is 1.70. The molecule has 0 saturated heterocycles. The van der Waals surface area contributed by atoms with Gasteiger partial charge in [0.25, 0.3) is 0 Å². The summed E-state index contributed by atoms with van der Waals surface area (Å²) in [5, 5.41) is 8.38. The monoisotopic (exact) mass is 369 g/mol. The second kappa shape index (κ2) is 16.0. The van der Waals surface area contributed by atoms with E-state index in [-0.39, 0.29) is 12.1 Å². The number of hydrogen-bond acceptors (Lipinski definition) is 4. The molecule has 0 amide bonds. The Kier molecular flexibility index (Phi) is 15.9. The number of halogens is 2. The van der Waals surface area contributed by atoms with Crippen LogP contribution in [0.4, 0.5) is 8.78 Å². The molecule has 1 aromatic carbocycles. The van der Waals surface area contributed by atoms with E-state index in [0.29, 0.717) is 12.5 Å². The molecular formula is C20H29F2NO3. The minimum Gasteiger partial charge on any atom is -0.505 e. The number of nitrogens with two attached hydrogens (primary N) is 1. The highest BCUT2D eigenvalue weighted by Gasteiger charge is 2.08. The molecule has 1 rings (SSSR count). The van der Waals surface area contributed by atoms with Crippen LogP contribution in [0.3, 0.4) is 0 Å². The summed E-state index contributed by atoms with van der Waals surface area (Å²) in [5.74, 6) is -2.91. The minimum atomic E-state index is -1.08. The van der Waals surface area contributed by atoms with E-state index < -0.39 is 17.4 Å². The van der Waals surface area contributed by atoms with E-state index in [1.54, 1.807) is 0 Å². The maximum Gasteiger partial charge on any atom is 0.306 e. The van der Waals surface area contributed by atoms with Gasteiger partial charge in [0.1, 0.15) is 11.9 Å². The average molecular weight is 369 g/mol. The predicted octanol–water partition coefficient (Wildman–Crippen LogP) is 4.93. The maximum absolute atomic E-state index is 11.7. The third-order valence-electron chi connectivity index (χ3n) is 2.72. The van der Waals surface area contributed by atoms with Crippen LogP contribution in [-0.4, -0.2) is 24.2 Å². The van der Waals surface area contributed by atoms with Gasteiger partial charge in [-0.3, -0.25) is 4.79 Å². The molecule has 6 heteroatoms. The Hall–Kier alpha value is -2.47. The molecule has 0 saturated carbocycles. The zero-order valence-corrected chi connectivity index (χ0v) is 15.7. The summed E-state index contributed by atoms with van der Waals surface area (Å²) in [6.07, 6.45) is 2.65. The number of aliphatic hydroxyl groups is 1. The Morgan fingerprint density at radius 1 is 1.27 bits per heavy atom. The highest BCUT2D eigenvalue weighted by Crippen LogP contribution is 2.08. The molecule has 0 spiro atoms. The van der Waals surface area contributed by atoms with Gasteiger partial charge in [0.15, 0.2) is 11.6 Å². The molecule has 0 aliphatic rings. The molecule has 1 aromatic rings. The van der Waals surface area contributed by atoms with Crippen molar-refractivity contribution in [2.45, 2.75) is 39.2 Å². The van der Waals surface area contributed by atoms with Crippen molar-refractivity contribution in [3.8, 4) is 0 Å². The molecule has 26 heavy (non-hydrogen) atoms. The molecule has 0 radical (unpaired) electrons. The lowest BCUT2D eigenvalue weighted by Crippen LogP contribution is -2.16. The molecule has 0 heterocycles. The number of hydrogen-bond donors (Lipinski definition) is 2. The van der Waals surface area contributed by atoms with Crippen molar-refractivity contribution in [3.05, 3.63) is 72.5 Å². The van der Waals surface area contributed by atoms with Crippen LogP contribution in [0.15, 0.2) is 67.0 Å². The van der Waals surface area contributed by atoms with Crippen LogP contribution in [-0.2, 0) is 16.0 Å². The van der Waals surface area contributed by atoms with Crippen LogP contribution in [0.2, 0.25) is 0 Å². The third kappa shape index (κ3) is 15.1. The fraction of sp³-hybridized carbons (Fsp3) is 0.350. The Morgan fingerprint density at radius 2 is 1.81 bits per heavy atom. The van der Waals surface area contributed by atoms with Crippen LogP contribution in [0.5, 0.6) is 0 Å². The molecular weight excluding hydrogens is 340 g/mol. The standard InChI is InChI=1S/C13H18O2.C6H6F2O.CH5N/c1-3-7-13(14)15-11(2)10-12-8-5-4-6-9-12;1-4(7)3-6(9)5(2)8;1-2/h4-6,8-9,11H,3,7,10H2,1-2H3;3,9H,1-2H2;2H2,1H3/b;6-3+;. The molecule has 3 N–H and O–H groups in total. The van der Waals surface area contributed by atoms with Gasteiger partial charge in [0, 0.05) is 18.9 Å². The van der Waals surface area contributed by atoms with Crippen molar-refractivity contribution in [2.75, 3.05) is 7.05 Å². The molecule has 4 nitrogen and oxygen atoms in total. The molecule has 1 atom stereocenters. The number of esters is 1. The topological polar surface area (TPSA) is 72.5 Å². The summed E-state index contributed by atoms with van der Waals surface area (Å²) >= 11 is 0. The van der Waals surface area contributed by atoms with Gasteiger partial charge in [0.05, 0.1) is 0 Å². The zero-order valence-electron chi connectivity index (χ0n) is 15.7. The van der Waals surface area contributed by atoms with E-state index in [4.69, 9.17) is 9.84 Å². The van der Waals surface area contributed by atoms with E-state index in [0.717, 1.165) is 12.8 Å². The number of allylic oxidation sites excluding steroid dienone is 3. The lowest BCUT2D eigenvalue weighted by atomic mass is 10.1. The molecule has 0 bridgehead atoms. The van der Waals surface area contributed by atoms with Crippen molar-refractivity contribution in [1.29, 1.82) is 0 Å². The Bertz CT molecular complexity index is 572. The number of carbonyl (C=O) groups excluding carboxylic acids is 1. The first-order valence-electron chi connectivity index (χ1n) is 8.17. The van der Waals surface area contributed by atoms with E-state index in [1.807, 2.05) is 44.2 Å². The maximum atomic E-state index is 11.7. The molecule has 0 fully saturated rings. The smallest absolute Gasteiger partial charge is 0.306 e. The number of benzene rings is 1. The second-order valence-electron chi connectivity index (χ2n) is 5.12. The van der Waals surface area contributed by atoms with Crippen LogP contribution >= 0.6 is 0 Å². The van der Waals surface area contributed by atoms with E-state index in [9.17, 15) is 13.6 Å². The van der Waals surface area contributed by atoms with E-state index in [2.05, 4.69) is 18.9 Å². The Morgan fingerprint density at radius 3 is 2.19 bits per heavy atom. The Balaban J connectivity index is 0. The van der Waals surface area contributed by atoms with Crippen molar-refractivity contribution in [2.24, 2.45) is 5.73 Å². The molecule has 0 aliphatic carbocycles. The highest BCUT2D eigenvalue weighted by atomic mass is 19.1. The zero-order chi connectivity index (χ0) is 20.5. The highest BCUT2D eigenvalue weighted by molar-refractivity contribution is 5.69. The summed E-state index contributed by atoms with van der Waals surface area (Å²) in [6.45, 7) is 9.39. The van der Waals surface area contributed by atoms with Gasteiger partial charge >= 0.3 is 5.97 Å². The number of ether oxygens (including phenoxy) is 1. The summed E-state index contributed by atoms with van der Waals surface area (Å²) in [5.41, 5.74) is 5.70. The first-order chi connectivity index (χ1) is 12.3. The lowest BCUT2D eigenvalue weighted by molar-refractivity contribution is -0.148. The third-order valence-corrected chi connectivity index (χ3v) is 2.72. The predicted molar refractivity (Wildman–Crippen MR) is 102 cm³/mol. The normalized spacial score (nSPS) is 11.1. The summed E-state index contributed by atoms with van der Waals surface area (Å²) < 4.78 is 28.7. The van der Waals surface area contributed by atoms with Crippen LogP contribution in [0.25, 0.3) is 0 Å². The summed E-state index contributed by atoms with van der Waals surface area (Å²) in [6, 6.07) is 10.1. The quantitative estimate of drug-likeness (QED) is 0.406. The average Bonchev–Trinajstić information content (AvgIpc) is 2.57.